The van der Waals surface area contributed by atoms with Crippen molar-refractivity contribution in [1.29, 1.82) is 0 Å². The van der Waals surface area contributed by atoms with Crippen molar-refractivity contribution < 1.29 is 19.1 Å². The van der Waals surface area contributed by atoms with Crippen LogP contribution in [0, 0.1) is 0 Å². The summed E-state index contributed by atoms with van der Waals surface area (Å²) in [6.07, 6.45) is 0.0460. The number of carbonyl (C=O) groups is 3. The van der Waals surface area contributed by atoms with E-state index in [0.29, 0.717) is 35.6 Å². The van der Waals surface area contributed by atoms with E-state index in [-0.39, 0.29) is 5.91 Å². The van der Waals surface area contributed by atoms with Gasteiger partial charge in [0.15, 0.2) is 0 Å². The second-order valence-corrected chi connectivity index (χ2v) is 8.22. The molecular formula is C23H21N3O4S. The second kappa shape index (κ2) is 8.61. The molecule has 0 saturated carbocycles. The van der Waals surface area contributed by atoms with Gasteiger partial charge in [-0.3, -0.25) is 9.59 Å². The van der Waals surface area contributed by atoms with Crippen molar-refractivity contribution in [2.45, 2.75) is 13.0 Å². The molecule has 0 fully saturated rings. The highest BCUT2D eigenvalue weighted by Crippen LogP contribution is 2.37. The van der Waals surface area contributed by atoms with E-state index < -0.39 is 12.0 Å². The number of ether oxygens (including phenoxy) is 1. The van der Waals surface area contributed by atoms with Gasteiger partial charge in [-0.15, -0.1) is 11.3 Å². The number of nitrogens with two attached hydrogens (primary N) is 1. The summed E-state index contributed by atoms with van der Waals surface area (Å²) in [6, 6.07) is 17.1. The number of nitrogens with zero attached hydrogens (tertiary/aromatic N) is 1. The number of rotatable bonds is 4. The van der Waals surface area contributed by atoms with Gasteiger partial charge in [0, 0.05) is 17.0 Å². The summed E-state index contributed by atoms with van der Waals surface area (Å²) in [5.41, 5.74) is 9.25. The first-order chi connectivity index (χ1) is 15.0. The molecular weight excluding hydrogens is 414 g/mol. The van der Waals surface area contributed by atoms with Gasteiger partial charge in [-0.1, -0.05) is 42.5 Å². The molecule has 31 heavy (non-hydrogen) atoms. The Morgan fingerprint density at radius 3 is 2.35 bits per heavy atom. The zero-order chi connectivity index (χ0) is 22.0. The van der Waals surface area contributed by atoms with Crippen molar-refractivity contribution in [3.63, 3.8) is 0 Å². The van der Waals surface area contributed by atoms with Gasteiger partial charge in [-0.05, 0) is 35.2 Å². The lowest BCUT2D eigenvalue weighted by Crippen LogP contribution is -2.35. The first kappa shape index (κ1) is 20.6. The van der Waals surface area contributed by atoms with Gasteiger partial charge in [0.2, 0.25) is 0 Å². The average molecular weight is 436 g/mol. The van der Waals surface area contributed by atoms with E-state index in [1.165, 1.54) is 18.4 Å². The molecule has 8 heteroatoms. The number of carbonyl (C=O) groups excluding carboxylic acids is 3. The average Bonchev–Trinajstić information content (AvgIpc) is 3.16. The van der Waals surface area contributed by atoms with E-state index >= 15 is 0 Å². The Bertz CT molecular complexity index is 1140. The number of nitrogens with one attached hydrogen (secondary N) is 1. The van der Waals surface area contributed by atoms with E-state index in [9.17, 15) is 14.4 Å². The van der Waals surface area contributed by atoms with E-state index in [1.54, 1.807) is 17.0 Å². The van der Waals surface area contributed by atoms with Gasteiger partial charge in [-0.2, -0.15) is 0 Å². The molecule has 3 aromatic rings. The normalized spacial score (nSPS) is 12.7. The molecule has 158 valence electrons. The van der Waals surface area contributed by atoms with Crippen molar-refractivity contribution >= 4 is 34.2 Å². The highest BCUT2D eigenvalue weighted by Gasteiger charge is 2.30. The molecule has 1 aromatic heterocycles. The lowest BCUT2D eigenvalue weighted by Gasteiger charge is -2.25. The number of benzene rings is 2. The Morgan fingerprint density at radius 1 is 1.03 bits per heavy atom. The molecule has 3 amide bonds. The maximum atomic E-state index is 12.8. The van der Waals surface area contributed by atoms with Crippen LogP contribution in [0.25, 0.3) is 11.1 Å². The van der Waals surface area contributed by atoms with E-state index in [0.717, 1.165) is 21.6 Å². The van der Waals surface area contributed by atoms with Crippen LogP contribution in [0.15, 0.2) is 54.6 Å². The number of amides is 3. The highest BCUT2D eigenvalue weighted by molar-refractivity contribution is 7.17. The van der Waals surface area contributed by atoms with Crippen LogP contribution < -0.4 is 11.1 Å². The molecule has 1 aliphatic rings. The topological polar surface area (TPSA) is 102 Å². The Hall–Kier alpha value is -3.65. The monoisotopic (exact) mass is 435 g/mol. The van der Waals surface area contributed by atoms with Gasteiger partial charge < -0.3 is 20.7 Å². The molecule has 0 radical (unpaired) electrons. The summed E-state index contributed by atoms with van der Waals surface area (Å²) in [7, 11) is 1.33. The summed E-state index contributed by atoms with van der Waals surface area (Å²) >= 11 is 1.26. The molecule has 1 aliphatic heterocycles. The first-order valence-electron chi connectivity index (χ1n) is 9.72. The Labute approximate surface area is 183 Å². The Balaban J connectivity index is 1.56. The van der Waals surface area contributed by atoms with Gasteiger partial charge in [0.1, 0.15) is 5.00 Å². The van der Waals surface area contributed by atoms with Crippen molar-refractivity contribution in [3.8, 4) is 11.1 Å². The zero-order valence-electron chi connectivity index (χ0n) is 16.9. The molecule has 0 spiro atoms. The summed E-state index contributed by atoms with van der Waals surface area (Å²) in [6.45, 7) is 0.736. The van der Waals surface area contributed by atoms with Crippen LogP contribution in [0.5, 0.6) is 0 Å². The zero-order valence-corrected chi connectivity index (χ0v) is 17.7. The largest absolute Gasteiger partial charge is 0.453 e. The smallest absolute Gasteiger partial charge is 0.409 e. The number of fused-ring (bicyclic) bond motifs is 1. The van der Waals surface area contributed by atoms with Crippen LogP contribution in [0.2, 0.25) is 0 Å². The van der Waals surface area contributed by atoms with Crippen LogP contribution in [0.4, 0.5) is 9.80 Å². The van der Waals surface area contributed by atoms with E-state index in [1.807, 2.05) is 42.5 Å². The quantitative estimate of drug-likeness (QED) is 0.649. The predicted molar refractivity (Wildman–Crippen MR) is 119 cm³/mol. The molecule has 7 nitrogen and oxygen atoms in total. The lowest BCUT2D eigenvalue weighted by molar-refractivity contribution is 0.0999. The molecule has 0 aliphatic carbocycles. The summed E-state index contributed by atoms with van der Waals surface area (Å²) < 4.78 is 4.78. The van der Waals surface area contributed by atoms with Crippen LogP contribution in [-0.2, 0) is 17.7 Å². The lowest BCUT2D eigenvalue weighted by atomic mass is 10.0. The molecule has 4 rings (SSSR count). The molecule has 3 N–H and O–H groups in total. The minimum atomic E-state index is -0.598. The van der Waals surface area contributed by atoms with Crippen LogP contribution in [0.1, 0.15) is 31.2 Å². The minimum absolute atomic E-state index is 0.314. The molecule has 0 bridgehead atoms. The fourth-order valence-electron chi connectivity index (χ4n) is 3.66. The van der Waals surface area contributed by atoms with Crippen LogP contribution >= 0.6 is 11.3 Å². The SMILES string of the molecule is COC(=O)N1CCc2c(sc(NC(=O)c3ccc(-c4ccccc4)cc3)c2C(N)=O)C1. The third-order valence-electron chi connectivity index (χ3n) is 5.22. The summed E-state index contributed by atoms with van der Waals surface area (Å²) in [5, 5.41) is 3.23. The summed E-state index contributed by atoms with van der Waals surface area (Å²) in [5.74, 6) is -0.927. The molecule has 0 atom stereocenters. The Kier molecular flexibility index (Phi) is 5.73. The Morgan fingerprint density at radius 2 is 1.71 bits per heavy atom. The van der Waals surface area contributed by atoms with Gasteiger partial charge in [0.05, 0.1) is 19.2 Å². The van der Waals surface area contributed by atoms with E-state index in [2.05, 4.69) is 5.32 Å². The number of hydrogen-bond acceptors (Lipinski definition) is 5. The molecule has 0 unspecified atom stereocenters. The minimum Gasteiger partial charge on any atom is -0.453 e. The number of primary amides is 1. The van der Waals surface area contributed by atoms with Gasteiger partial charge in [-0.25, -0.2) is 4.79 Å². The van der Waals surface area contributed by atoms with Crippen molar-refractivity contribution in [1.82, 2.24) is 4.90 Å². The van der Waals surface area contributed by atoms with Crippen molar-refractivity contribution in [2.24, 2.45) is 5.73 Å². The van der Waals surface area contributed by atoms with Gasteiger partial charge in [0.25, 0.3) is 11.8 Å². The molecule has 2 heterocycles. The number of methoxy groups -OCH3 is 1. The fourth-order valence-corrected chi connectivity index (χ4v) is 4.92. The van der Waals surface area contributed by atoms with Gasteiger partial charge >= 0.3 is 6.09 Å². The summed E-state index contributed by atoms with van der Waals surface area (Å²) in [4.78, 5) is 39.2. The predicted octanol–water partition coefficient (Wildman–Crippen LogP) is 3.89. The maximum Gasteiger partial charge on any atom is 0.409 e. The molecule has 0 saturated heterocycles. The number of hydrogen-bond donors (Lipinski definition) is 2. The number of anilines is 1. The third kappa shape index (κ3) is 4.15. The third-order valence-corrected chi connectivity index (χ3v) is 6.35. The highest BCUT2D eigenvalue weighted by atomic mass is 32.1. The van der Waals surface area contributed by atoms with Crippen LogP contribution in [-0.4, -0.2) is 36.5 Å². The van der Waals surface area contributed by atoms with Crippen molar-refractivity contribution in [2.75, 3.05) is 19.0 Å². The van der Waals surface area contributed by atoms with Crippen LogP contribution in [0.3, 0.4) is 0 Å². The van der Waals surface area contributed by atoms with Crippen molar-refractivity contribution in [3.05, 3.63) is 76.2 Å². The fraction of sp³-hybridized carbons (Fsp3) is 0.174. The first-order valence-corrected chi connectivity index (χ1v) is 10.5. The standard InChI is InChI=1S/C23H21N3O4S/c1-30-23(29)26-12-11-17-18(13-26)31-22(19(17)20(24)27)25-21(28)16-9-7-15(8-10-16)14-5-3-2-4-6-14/h2-10H,11-13H2,1H3,(H2,24,27)(H,25,28). The van der Waals surface area contributed by atoms with E-state index in [4.69, 9.17) is 10.5 Å². The molecule has 2 aromatic carbocycles. The number of thiophene rings is 1. The maximum absolute atomic E-state index is 12.8. The second-order valence-electron chi connectivity index (χ2n) is 7.11.